The van der Waals surface area contributed by atoms with E-state index >= 15 is 0 Å². The standard InChI is InChI=1S/C18H20N2O4/c1-3-23-16-6-4-5-14(11-16)18(22)20-19-17(21)12-24-15-9-7-13(2)8-10-15/h4-11H,3,12H2,1-2H3,(H,19,21)(H,20,22). The maximum atomic E-state index is 12.0. The van der Waals surface area contributed by atoms with E-state index in [0.29, 0.717) is 23.7 Å². The summed E-state index contributed by atoms with van der Waals surface area (Å²) >= 11 is 0. The molecule has 24 heavy (non-hydrogen) atoms. The van der Waals surface area contributed by atoms with Gasteiger partial charge in [0.15, 0.2) is 6.61 Å². The molecule has 0 aromatic heterocycles. The lowest BCUT2D eigenvalue weighted by Crippen LogP contribution is -2.43. The van der Waals surface area contributed by atoms with Crippen molar-refractivity contribution in [1.29, 1.82) is 0 Å². The fraction of sp³-hybridized carbons (Fsp3) is 0.222. The van der Waals surface area contributed by atoms with Crippen LogP contribution in [0.15, 0.2) is 48.5 Å². The van der Waals surface area contributed by atoms with E-state index in [1.165, 1.54) is 0 Å². The zero-order valence-corrected chi connectivity index (χ0v) is 13.7. The van der Waals surface area contributed by atoms with Gasteiger partial charge in [0.05, 0.1) is 6.61 Å². The topological polar surface area (TPSA) is 76.7 Å². The minimum absolute atomic E-state index is 0.192. The van der Waals surface area contributed by atoms with Gasteiger partial charge in [-0.3, -0.25) is 20.4 Å². The summed E-state index contributed by atoms with van der Waals surface area (Å²) in [6.07, 6.45) is 0. The molecular formula is C18H20N2O4. The number of rotatable bonds is 6. The molecule has 2 amide bonds. The van der Waals surface area contributed by atoms with E-state index in [1.54, 1.807) is 36.4 Å². The van der Waals surface area contributed by atoms with Crippen LogP contribution in [0.1, 0.15) is 22.8 Å². The average Bonchev–Trinajstić information content (AvgIpc) is 2.59. The highest BCUT2D eigenvalue weighted by Gasteiger charge is 2.09. The molecule has 0 heterocycles. The van der Waals surface area contributed by atoms with Crippen LogP contribution in [0.3, 0.4) is 0 Å². The maximum absolute atomic E-state index is 12.0. The van der Waals surface area contributed by atoms with E-state index < -0.39 is 11.8 Å². The first-order chi connectivity index (χ1) is 11.6. The quantitative estimate of drug-likeness (QED) is 0.797. The summed E-state index contributed by atoms with van der Waals surface area (Å²) in [7, 11) is 0. The van der Waals surface area contributed by atoms with Crippen LogP contribution >= 0.6 is 0 Å². The van der Waals surface area contributed by atoms with Crippen LogP contribution in [0.25, 0.3) is 0 Å². The summed E-state index contributed by atoms with van der Waals surface area (Å²) in [5.74, 6) is 0.302. The van der Waals surface area contributed by atoms with E-state index in [2.05, 4.69) is 10.9 Å². The molecule has 2 aromatic carbocycles. The number of hydrogen-bond donors (Lipinski definition) is 2. The van der Waals surface area contributed by atoms with E-state index in [-0.39, 0.29) is 6.61 Å². The highest BCUT2D eigenvalue weighted by molar-refractivity contribution is 5.95. The molecule has 6 nitrogen and oxygen atoms in total. The molecule has 0 spiro atoms. The predicted octanol–water partition coefficient (Wildman–Crippen LogP) is 2.23. The van der Waals surface area contributed by atoms with Crippen molar-refractivity contribution in [3.63, 3.8) is 0 Å². The number of carbonyl (C=O) groups excluding carboxylic acids is 2. The Morgan fingerprint density at radius 3 is 2.42 bits per heavy atom. The smallest absolute Gasteiger partial charge is 0.276 e. The van der Waals surface area contributed by atoms with E-state index in [0.717, 1.165) is 5.56 Å². The Balaban J connectivity index is 1.79. The summed E-state index contributed by atoms with van der Waals surface area (Å²) in [5, 5.41) is 0. The van der Waals surface area contributed by atoms with Gasteiger partial charge < -0.3 is 9.47 Å². The van der Waals surface area contributed by atoms with E-state index in [4.69, 9.17) is 9.47 Å². The highest BCUT2D eigenvalue weighted by atomic mass is 16.5. The molecule has 2 rings (SSSR count). The average molecular weight is 328 g/mol. The summed E-state index contributed by atoms with van der Waals surface area (Å²) < 4.78 is 10.7. The van der Waals surface area contributed by atoms with E-state index in [1.807, 2.05) is 26.0 Å². The molecule has 2 N–H and O–H groups in total. The minimum Gasteiger partial charge on any atom is -0.494 e. The largest absolute Gasteiger partial charge is 0.494 e. The van der Waals surface area contributed by atoms with Crippen LogP contribution in [0.5, 0.6) is 11.5 Å². The van der Waals surface area contributed by atoms with E-state index in [9.17, 15) is 9.59 Å². The molecule has 0 unspecified atom stereocenters. The van der Waals surface area contributed by atoms with Gasteiger partial charge >= 0.3 is 0 Å². The van der Waals surface area contributed by atoms with Crippen LogP contribution in [0.2, 0.25) is 0 Å². The Labute approximate surface area is 140 Å². The van der Waals surface area contributed by atoms with Gasteiger partial charge in [-0.1, -0.05) is 23.8 Å². The molecule has 0 radical (unpaired) electrons. The molecule has 0 bridgehead atoms. The molecule has 0 saturated heterocycles. The lowest BCUT2D eigenvalue weighted by Gasteiger charge is -2.10. The van der Waals surface area contributed by atoms with Gasteiger partial charge in [-0.05, 0) is 44.2 Å². The second kappa shape index (κ2) is 8.57. The van der Waals surface area contributed by atoms with Gasteiger partial charge in [-0.25, -0.2) is 0 Å². The van der Waals surface area contributed by atoms with Gasteiger partial charge in [0.1, 0.15) is 11.5 Å². The van der Waals surface area contributed by atoms with Crippen molar-refractivity contribution in [2.24, 2.45) is 0 Å². The third-order valence-corrected chi connectivity index (χ3v) is 3.11. The van der Waals surface area contributed by atoms with Gasteiger partial charge in [-0.15, -0.1) is 0 Å². The Bertz CT molecular complexity index is 698. The lowest BCUT2D eigenvalue weighted by atomic mass is 10.2. The Hall–Kier alpha value is -3.02. The first kappa shape index (κ1) is 17.3. The van der Waals surface area contributed by atoms with Gasteiger partial charge in [0.2, 0.25) is 0 Å². The van der Waals surface area contributed by atoms with Crippen LogP contribution < -0.4 is 20.3 Å². The van der Waals surface area contributed by atoms with Gasteiger partial charge in [0.25, 0.3) is 11.8 Å². The number of aryl methyl sites for hydroxylation is 1. The molecule has 126 valence electrons. The molecule has 0 saturated carbocycles. The second-order valence-corrected chi connectivity index (χ2v) is 5.06. The molecular weight excluding hydrogens is 308 g/mol. The molecule has 0 aliphatic rings. The van der Waals surface area contributed by atoms with Crippen molar-refractivity contribution in [1.82, 2.24) is 10.9 Å². The molecule has 0 atom stereocenters. The van der Waals surface area contributed by atoms with Crippen LogP contribution in [0, 0.1) is 6.92 Å². The number of hydrogen-bond acceptors (Lipinski definition) is 4. The summed E-state index contributed by atoms with van der Waals surface area (Å²) in [5.41, 5.74) is 6.14. The first-order valence-corrected chi connectivity index (χ1v) is 7.60. The SMILES string of the molecule is CCOc1cccc(C(=O)NNC(=O)COc2ccc(C)cc2)c1. The number of ether oxygens (including phenoxy) is 2. The normalized spacial score (nSPS) is 9.92. The number of carbonyl (C=O) groups is 2. The van der Waals surface area contributed by atoms with Crippen molar-refractivity contribution in [2.75, 3.05) is 13.2 Å². The third kappa shape index (κ3) is 5.31. The summed E-state index contributed by atoms with van der Waals surface area (Å²) in [6.45, 7) is 4.15. The number of amides is 2. The fourth-order valence-corrected chi connectivity index (χ4v) is 1.91. The maximum Gasteiger partial charge on any atom is 0.276 e. The van der Waals surface area contributed by atoms with Crippen molar-refractivity contribution < 1.29 is 19.1 Å². The zero-order chi connectivity index (χ0) is 17.4. The Morgan fingerprint density at radius 2 is 1.71 bits per heavy atom. The fourth-order valence-electron chi connectivity index (χ4n) is 1.91. The monoisotopic (exact) mass is 328 g/mol. The van der Waals surface area contributed by atoms with Crippen molar-refractivity contribution >= 4 is 11.8 Å². The lowest BCUT2D eigenvalue weighted by molar-refractivity contribution is -0.123. The summed E-state index contributed by atoms with van der Waals surface area (Å²) in [4.78, 5) is 23.7. The van der Waals surface area contributed by atoms with Crippen molar-refractivity contribution in [3.05, 3.63) is 59.7 Å². The Morgan fingerprint density at radius 1 is 0.958 bits per heavy atom. The minimum atomic E-state index is -0.454. The number of nitrogens with one attached hydrogen (secondary N) is 2. The van der Waals surface area contributed by atoms with Crippen LogP contribution in [-0.2, 0) is 4.79 Å². The molecule has 0 aliphatic carbocycles. The second-order valence-electron chi connectivity index (χ2n) is 5.06. The molecule has 2 aromatic rings. The third-order valence-electron chi connectivity index (χ3n) is 3.11. The molecule has 0 fully saturated rings. The van der Waals surface area contributed by atoms with Gasteiger partial charge in [-0.2, -0.15) is 0 Å². The van der Waals surface area contributed by atoms with Crippen LogP contribution in [0.4, 0.5) is 0 Å². The molecule has 6 heteroatoms. The molecule has 0 aliphatic heterocycles. The Kier molecular flexibility index (Phi) is 6.19. The highest BCUT2D eigenvalue weighted by Crippen LogP contribution is 2.13. The summed E-state index contributed by atoms with van der Waals surface area (Å²) in [6, 6.07) is 14.0. The first-order valence-electron chi connectivity index (χ1n) is 7.60. The van der Waals surface area contributed by atoms with Gasteiger partial charge in [0, 0.05) is 5.56 Å². The van der Waals surface area contributed by atoms with Crippen LogP contribution in [-0.4, -0.2) is 25.0 Å². The zero-order valence-electron chi connectivity index (χ0n) is 13.7. The van der Waals surface area contributed by atoms with Crippen molar-refractivity contribution in [2.45, 2.75) is 13.8 Å². The number of hydrazine groups is 1. The predicted molar refractivity (Wildman–Crippen MR) is 89.9 cm³/mol. The number of benzene rings is 2. The van der Waals surface area contributed by atoms with Crippen molar-refractivity contribution in [3.8, 4) is 11.5 Å².